The van der Waals surface area contributed by atoms with Gasteiger partial charge in [0.2, 0.25) is 10.0 Å². The number of rotatable bonds is 4. The molecule has 0 atom stereocenters. The molecule has 0 aromatic heterocycles. The van der Waals surface area contributed by atoms with Gasteiger partial charge in [0.05, 0.1) is 17.2 Å². The lowest BCUT2D eigenvalue weighted by Crippen LogP contribution is -2.38. The summed E-state index contributed by atoms with van der Waals surface area (Å²) in [5.41, 5.74) is 7.71. The Morgan fingerprint density at radius 1 is 1.20 bits per heavy atom. The summed E-state index contributed by atoms with van der Waals surface area (Å²) in [4.78, 5) is 0. The number of hydrogen-bond acceptors (Lipinski definition) is 5. The standard InChI is InChI=1S/C12H18N2O4S2/c1-19(15,16)7-8-20(17,18)14-6-2-3-10-4-5-11(13)9-12(10)14/h4-5,9H,2-3,6-8,13H2,1H3. The van der Waals surface area contributed by atoms with Crippen LogP contribution >= 0.6 is 0 Å². The number of fused-ring (bicyclic) bond motifs is 1. The van der Waals surface area contributed by atoms with Crippen molar-refractivity contribution in [1.29, 1.82) is 0 Å². The van der Waals surface area contributed by atoms with E-state index in [0.29, 0.717) is 17.9 Å². The van der Waals surface area contributed by atoms with Crippen molar-refractivity contribution in [2.75, 3.05) is 34.3 Å². The van der Waals surface area contributed by atoms with Crippen LogP contribution < -0.4 is 10.0 Å². The summed E-state index contributed by atoms with van der Waals surface area (Å²) in [6.45, 7) is 0.364. The van der Waals surface area contributed by atoms with Gasteiger partial charge in [0.25, 0.3) is 0 Å². The summed E-state index contributed by atoms with van der Waals surface area (Å²) < 4.78 is 48.3. The molecule has 0 spiro atoms. The van der Waals surface area contributed by atoms with Crippen LogP contribution in [0.1, 0.15) is 12.0 Å². The second kappa shape index (κ2) is 5.25. The van der Waals surface area contributed by atoms with Crippen molar-refractivity contribution in [1.82, 2.24) is 0 Å². The van der Waals surface area contributed by atoms with E-state index >= 15 is 0 Å². The van der Waals surface area contributed by atoms with Crippen molar-refractivity contribution in [2.24, 2.45) is 0 Å². The number of hydrogen-bond donors (Lipinski definition) is 1. The third-order valence-electron chi connectivity index (χ3n) is 3.23. The van der Waals surface area contributed by atoms with Crippen LogP contribution in [0.4, 0.5) is 11.4 Å². The first kappa shape index (κ1) is 15.1. The van der Waals surface area contributed by atoms with Gasteiger partial charge < -0.3 is 5.73 Å². The fraction of sp³-hybridized carbons (Fsp3) is 0.500. The van der Waals surface area contributed by atoms with Crippen LogP contribution in [-0.4, -0.2) is 41.1 Å². The first-order valence-corrected chi connectivity index (χ1v) is 9.92. The number of nitrogens with two attached hydrogens (primary N) is 1. The molecule has 0 saturated carbocycles. The van der Waals surface area contributed by atoms with Gasteiger partial charge in [0.15, 0.2) is 0 Å². The molecule has 0 bridgehead atoms. The first-order valence-electron chi connectivity index (χ1n) is 6.25. The normalized spacial score (nSPS) is 15.9. The van der Waals surface area contributed by atoms with Crippen LogP contribution in [0, 0.1) is 0 Å². The highest BCUT2D eigenvalue weighted by molar-refractivity contribution is 7.95. The van der Waals surface area contributed by atoms with E-state index < -0.39 is 25.6 Å². The highest BCUT2D eigenvalue weighted by Gasteiger charge is 2.28. The maximum absolute atomic E-state index is 12.3. The molecule has 0 amide bonds. The lowest BCUT2D eigenvalue weighted by atomic mass is 10.0. The average Bonchev–Trinajstić information content (AvgIpc) is 2.35. The Balaban J connectivity index is 2.33. The first-order chi connectivity index (χ1) is 9.19. The molecule has 0 radical (unpaired) electrons. The molecule has 1 aromatic rings. The van der Waals surface area contributed by atoms with E-state index in [4.69, 9.17) is 5.73 Å². The predicted molar refractivity (Wildman–Crippen MR) is 80.0 cm³/mol. The highest BCUT2D eigenvalue weighted by Crippen LogP contribution is 2.31. The molecular weight excluding hydrogens is 300 g/mol. The molecule has 0 aliphatic carbocycles. The van der Waals surface area contributed by atoms with Gasteiger partial charge in [-0.3, -0.25) is 4.31 Å². The number of nitrogens with zero attached hydrogens (tertiary/aromatic N) is 1. The van der Waals surface area contributed by atoms with Crippen molar-refractivity contribution < 1.29 is 16.8 Å². The lowest BCUT2D eigenvalue weighted by molar-refractivity contribution is 0.583. The molecule has 1 aromatic carbocycles. The fourth-order valence-corrected chi connectivity index (χ4v) is 5.36. The third-order valence-corrected chi connectivity index (χ3v) is 6.21. The zero-order valence-corrected chi connectivity index (χ0v) is 12.9. The summed E-state index contributed by atoms with van der Waals surface area (Å²) in [5, 5.41) is 0. The molecule has 0 fully saturated rings. The summed E-state index contributed by atoms with van der Waals surface area (Å²) in [6.07, 6.45) is 2.55. The van der Waals surface area contributed by atoms with Gasteiger partial charge in [-0.05, 0) is 30.5 Å². The lowest BCUT2D eigenvalue weighted by Gasteiger charge is -2.30. The molecule has 6 nitrogen and oxygen atoms in total. The van der Waals surface area contributed by atoms with Crippen LogP contribution in [-0.2, 0) is 26.3 Å². The van der Waals surface area contributed by atoms with Gasteiger partial charge in [-0.25, -0.2) is 16.8 Å². The number of aryl methyl sites for hydroxylation is 1. The van der Waals surface area contributed by atoms with Crippen LogP contribution in [0.2, 0.25) is 0 Å². The van der Waals surface area contributed by atoms with Gasteiger partial charge in [0.1, 0.15) is 9.84 Å². The van der Waals surface area contributed by atoms with Crippen molar-refractivity contribution in [3.8, 4) is 0 Å². The SMILES string of the molecule is CS(=O)(=O)CCS(=O)(=O)N1CCCc2ccc(N)cc21. The Morgan fingerprint density at radius 3 is 2.55 bits per heavy atom. The summed E-state index contributed by atoms with van der Waals surface area (Å²) in [6, 6.07) is 5.20. The van der Waals surface area contributed by atoms with Crippen LogP contribution in [0.5, 0.6) is 0 Å². The molecule has 2 N–H and O–H groups in total. The van der Waals surface area contributed by atoms with E-state index in [1.54, 1.807) is 12.1 Å². The Bertz CT molecular complexity index is 711. The molecule has 1 aliphatic heterocycles. The van der Waals surface area contributed by atoms with Crippen LogP contribution in [0.15, 0.2) is 18.2 Å². The van der Waals surface area contributed by atoms with E-state index in [-0.39, 0.29) is 5.75 Å². The van der Waals surface area contributed by atoms with Crippen LogP contribution in [0.3, 0.4) is 0 Å². The fourth-order valence-electron chi connectivity index (χ4n) is 2.21. The minimum atomic E-state index is -3.65. The Morgan fingerprint density at radius 2 is 1.90 bits per heavy atom. The highest BCUT2D eigenvalue weighted by atomic mass is 32.2. The van der Waals surface area contributed by atoms with Gasteiger partial charge in [-0.2, -0.15) is 0 Å². The van der Waals surface area contributed by atoms with E-state index in [0.717, 1.165) is 24.7 Å². The predicted octanol–water partition coefficient (Wildman–Crippen LogP) is 0.396. The van der Waals surface area contributed by atoms with Gasteiger partial charge in [-0.15, -0.1) is 0 Å². The minimum absolute atomic E-state index is 0.364. The van der Waals surface area contributed by atoms with E-state index in [2.05, 4.69) is 0 Å². The minimum Gasteiger partial charge on any atom is -0.399 e. The zero-order chi connectivity index (χ0) is 15.0. The Hall–Kier alpha value is -1.28. The number of sulfone groups is 1. The monoisotopic (exact) mass is 318 g/mol. The largest absolute Gasteiger partial charge is 0.399 e. The molecule has 20 heavy (non-hydrogen) atoms. The summed E-state index contributed by atoms with van der Waals surface area (Å²) in [7, 11) is -6.96. The third kappa shape index (κ3) is 3.43. The maximum Gasteiger partial charge on any atom is 0.236 e. The average molecular weight is 318 g/mol. The topological polar surface area (TPSA) is 97.5 Å². The van der Waals surface area contributed by atoms with Gasteiger partial charge in [-0.1, -0.05) is 6.07 Å². The van der Waals surface area contributed by atoms with Crippen molar-refractivity contribution in [3.05, 3.63) is 23.8 Å². The van der Waals surface area contributed by atoms with Crippen molar-refractivity contribution in [3.63, 3.8) is 0 Å². The van der Waals surface area contributed by atoms with Gasteiger partial charge in [0, 0.05) is 18.5 Å². The Labute approximate surface area is 119 Å². The van der Waals surface area contributed by atoms with E-state index in [9.17, 15) is 16.8 Å². The van der Waals surface area contributed by atoms with Crippen molar-refractivity contribution in [2.45, 2.75) is 12.8 Å². The summed E-state index contributed by atoms with van der Waals surface area (Å²) in [5.74, 6) is -0.774. The van der Waals surface area contributed by atoms with Crippen LogP contribution in [0.25, 0.3) is 0 Å². The van der Waals surface area contributed by atoms with E-state index in [1.165, 1.54) is 4.31 Å². The summed E-state index contributed by atoms with van der Waals surface area (Å²) >= 11 is 0. The zero-order valence-electron chi connectivity index (χ0n) is 11.2. The Kier molecular flexibility index (Phi) is 3.97. The number of benzene rings is 1. The second-order valence-electron chi connectivity index (χ2n) is 5.01. The molecule has 1 aliphatic rings. The molecule has 0 unspecified atom stereocenters. The van der Waals surface area contributed by atoms with Crippen molar-refractivity contribution >= 4 is 31.2 Å². The molecular formula is C12H18N2O4S2. The quantitative estimate of drug-likeness (QED) is 0.810. The number of sulfonamides is 1. The molecule has 112 valence electrons. The second-order valence-corrected chi connectivity index (χ2v) is 9.28. The molecule has 1 heterocycles. The molecule has 0 saturated heterocycles. The number of nitrogen functional groups attached to an aromatic ring is 1. The smallest absolute Gasteiger partial charge is 0.236 e. The number of anilines is 2. The maximum atomic E-state index is 12.3. The molecule has 8 heteroatoms. The molecule has 2 rings (SSSR count). The van der Waals surface area contributed by atoms with Gasteiger partial charge >= 0.3 is 0 Å². The van der Waals surface area contributed by atoms with E-state index in [1.807, 2.05) is 6.07 Å².